The molecule has 4 nitrogen and oxygen atoms in total. The molecule has 0 saturated heterocycles. The number of carbonyl (C=O) groups excluding carboxylic acids is 1. The summed E-state index contributed by atoms with van der Waals surface area (Å²) < 4.78 is 4.88. The highest BCUT2D eigenvalue weighted by Crippen LogP contribution is 2.14. The van der Waals surface area contributed by atoms with Crippen LogP contribution in [0.1, 0.15) is 34.6 Å². The second-order valence-electron chi connectivity index (χ2n) is 5.25. The highest BCUT2D eigenvalue weighted by atomic mass is 16.5. The minimum atomic E-state index is -0.638. The van der Waals surface area contributed by atoms with Gasteiger partial charge in [-0.2, -0.15) is 0 Å². The Morgan fingerprint density at radius 3 is 2.29 bits per heavy atom. The Hall–Kier alpha value is -0.610. The van der Waals surface area contributed by atoms with Gasteiger partial charge in [-0.1, -0.05) is 20.8 Å². The van der Waals surface area contributed by atoms with Gasteiger partial charge in [0.15, 0.2) is 0 Å². The number of esters is 1. The van der Waals surface area contributed by atoms with E-state index >= 15 is 0 Å². The normalized spacial score (nSPS) is 17.0. The molecule has 0 heterocycles. The molecule has 0 aromatic rings. The van der Waals surface area contributed by atoms with E-state index in [0.29, 0.717) is 18.5 Å². The Morgan fingerprint density at radius 2 is 1.94 bits per heavy atom. The molecule has 0 aliphatic heterocycles. The van der Waals surface area contributed by atoms with Gasteiger partial charge in [-0.3, -0.25) is 4.79 Å². The molecule has 0 amide bonds. The lowest BCUT2D eigenvalue weighted by molar-refractivity contribution is -0.148. The monoisotopic (exact) mass is 244 g/mol. The third-order valence-corrected chi connectivity index (χ3v) is 3.43. The van der Waals surface area contributed by atoms with Gasteiger partial charge < -0.3 is 15.0 Å². The van der Waals surface area contributed by atoms with E-state index in [-0.39, 0.29) is 5.97 Å². The molecule has 0 aliphatic carbocycles. The Bertz CT molecular complexity index is 244. The van der Waals surface area contributed by atoms with Crippen molar-refractivity contribution in [1.82, 2.24) is 10.2 Å². The molecule has 2 atom stereocenters. The standard InChI is InChI=1S/C13H28N2O2/c1-8-14-13(5,12(16)17-7)9-15(6)11(4)10(2)3/h10-11,14H,8-9H2,1-7H3. The zero-order valence-electron chi connectivity index (χ0n) is 12.3. The number of nitrogens with zero attached hydrogens (tertiary/aromatic N) is 1. The predicted molar refractivity (Wildman–Crippen MR) is 71.0 cm³/mol. The van der Waals surface area contributed by atoms with Crippen LogP contribution in [0.4, 0.5) is 0 Å². The van der Waals surface area contributed by atoms with Gasteiger partial charge in [0.2, 0.25) is 0 Å². The lowest BCUT2D eigenvalue weighted by Gasteiger charge is -2.36. The molecule has 2 unspecified atom stereocenters. The summed E-state index contributed by atoms with van der Waals surface area (Å²) in [6.45, 7) is 11.8. The number of nitrogens with one attached hydrogen (secondary N) is 1. The maximum absolute atomic E-state index is 11.8. The molecule has 0 saturated carbocycles. The fourth-order valence-corrected chi connectivity index (χ4v) is 1.96. The zero-order valence-corrected chi connectivity index (χ0v) is 12.3. The van der Waals surface area contributed by atoms with E-state index in [0.717, 1.165) is 6.54 Å². The van der Waals surface area contributed by atoms with Crippen LogP contribution in [0.5, 0.6) is 0 Å². The van der Waals surface area contributed by atoms with E-state index in [1.54, 1.807) is 0 Å². The minimum absolute atomic E-state index is 0.206. The van der Waals surface area contributed by atoms with E-state index in [2.05, 4.69) is 31.0 Å². The van der Waals surface area contributed by atoms with E-state index in [9.17, 15) is 4.79 Å². The van der Waals surface area contributed by atoms with Gasteiger partial charge in [0.1, 0.15) is 5.54 Å². The van der Waals surface area contributed by atoms with Gasteiger partial charge in [-0.05, 0) is 33.4 Å². The van der Waals surface area contributed by atoms with Crippen molar-refractivity contribution < 1.29 is 9.53 Å². The lowest BCUT2D eigenvalue weighted by Crippen LogP contribution is -2.58. The number of likely N-dealkylation sites (N-methyl/N-ethyl adjacent to an activating group) is 2. The van der Waals surface area contributed by atoms with Gasteiger partial charge in [-0.25, -0.2) is 0 Å². The summed E-state index contributed by atoms with van der Waals surface area (Å²) in [6, 6.07) is 0.428. The number of rotatable bonds is 7. The summed E-state index contributed by atoms with van der Waals surface area (Å²) in [5, 5.41) is 3.22. The maximum Gasteiger partial charge on any atom is 0.327 e. The second kappa shape index (κ2) is 6.97. The summed E-state index contributed by atoms with van der Waals surface area (Å²) in [7, 11) is 3.48. The third-order valence-electron chi connectivity index (χ3n) is 3.43. The average molecular weight is 244 g/mol. The van der Waals surface area contributed by atoms with Gasteiger partial charge in [0.05, 0.1) is 7.11 Å². The van der Waals surface area contributed by atoms with Gasteiger partial charge in [-0.15, -0.1) is 0 Å². The number of hydrogen-bond donors (Lipinski definition) is 1. The van der Waals surface area contributed by atoms with Crippen LogP contribution in [0, 0.1) is 5.92 Å². The van der Waals surface area contributed by atoms with E-state index in [4.69, 9.17) is 4.74 Å². The molecule has 0 rings (SSSR count). The van der Waals surface area contributed by atoms with Crippen molar-refractivity contribution in [2.75, 3.05) is 27.2 Å². The quantitative estimate of drug-likeness (QED) is 0.689. The summed E-state index contributed by atoms with van der Waals surface area (Å²) in [6.07, 6.45) is 0. The molecule has 0 fully saturated rings. The van der Waals surface area contributed by atoms with Crippen molar-refractivity contribution in [2.24, 2.45) is 5.92 Å². The Balaban J connectivity index is 4.70. The maximum atomic E-state index is 11.8. The second-order valence-corrected chi connectivity index (χ2v) is 5.25. The van der Waals surface area contributed by atoms with Crippen molar-refractivity contribution in [3.8, 4) is 0 Å². The van der Waals surface area contributed by atoms with Crippen molar-refractivity contribution in [3.63, 3.8) is 0 Å². The molecule has 0 aromatic heterocycles. The van der Waals surface area contributed by atoms with Crippen LogP contribution in [0.2, 0.25) is 0 Å². The highest BCUT2D eigenvalue weighted by molar-refractivity contribution is 5.80. The fourth-order valence-electron chi connectivity index (χ4n) is 1.96. The molecule has 4 heteroatoms. The smallest absolute Gasteiger partial charge is 0.327 e. The molecular weight excluding hydrogens is 216 g/mol. The van der Waals surface area contributed by atoms with Crippen molar-refractivity contribution in [3.05, 3.63) is 0 Å². The highest BCUT2D eigenvalue weighted by Gasteiger charge is 2.35. The SMILES string of the molecule is CCNC(C)(CN(C)C(C)C(C)C)C(=O)OC. The van der Waals surface area contributed by atoms with Crippen LogP contribution < -0.4 is 5.32 Å². The van der Waals surface area contributed by atoms with Crippen LogP contribution >= 0.6 is 0 Å². The number of ether oxygens (including phenoxy) is 1. The van der Waals surface area contributed by atoms with Crippen molar-refractivity contribution in [2.45, 2.75) is 46.2 Å². The largest absolute Gasteiger partial charge is 0.468 e. The molecule has 0 radical (unpaired) electrons. The molecule has 0 aromatic carbocycles. The van der Waals surface area contributed by atoms with Crippen LogP contribution in [0.15, 0.2) is 0 Å². The molecular formula is C13H28N2O2. The predicted octanol–water partition coefficient (Wildman–Crippen LogP) is 1.50. The van der Waals surface area contributed by atoms with E-state index in [1.807, 2.05) is 20.9 Å². The fraction of sp³-hybridized carbons (Fsp3) is 0.923. The third kappa shape index (κ3) is 4.64. The van der Waals surface area contributed by atoms with Crippen LogP contribution in [0.25, 0.3) is 0 Å². The molecule has 102 valence electrons. The molecule has 0 bridgehead atoms. The van der Waals surface area contributed by atoms with Crippen molar-refractivity contribution in [1.29, 1.82) is 0 Å². The summed E-state index contributed by atoms with van der Waals surface area (Å²) in [5.41, 5.74) is -0.638. The number of carbonyl (C=O) groups is 1. The first-order valence-electron chi connectivity index (χ1n) is 6.32. The first-order chi connectivity index (χ1) is 7.78. The van der Waals surface area contributed by atoms with Crippen LogP contribution in [0.3, 0.4) is 0 Å². The van der Waals surface area contributed by atoms with Crippen molar-refractivity contribution >= 4 is 5.97 Å². The van der Waals surface area contributed by atoms with E-state index in [1.165, 1.54) is 7.11 Å². The van der Waals surface area contributed by atoms with Crippen LogP contribution in [-0.4, -0.2) is 49.7 Å². The summed E-state index contributed by atoms with van der Waals surface area (Å²) in [5.74, 6) is 0.352. The zero-order chi connectivity index (χ0) is 13.6. The average Bonchev–Trinajstić information content (AvgIpc) is 2.26. The first kappa shape index (κ1) is 16.4. The lowest BCUT2D eigenvalue weighted by atomic mass is 9.98. The molecule has 17 heavy (non-hydrogen) atoms. The van der Waals surface area contributed by atoms with Crippen LogP contribution in [-0.2, 0) is 9.53 Å². The van der Waals surface area contributed by atoms with Gasteiger partial charge in [0.25, 0.3) is 0 Å². The number of hydrogen-bond acceptors (Lipinski definition) is 4. The summed E-state index contributed by atoms with van der Waals surface area (Å²) in [4.78, 5) is 14.0. The first-order valence-corrected chi connectivity index (χ1v) is 6.32. The molecule has 0 aliphatic rings. The van der Waals surface area contributed by atoms with E-state index < -0.39 is 5.54 Å². The topological polar surface area (TPSA) is 41.6 Å². The van der Waals surface area contributed by atoms with Gasteiger partial charge in [0, 0.05) is 12.6 Å². The minimum Gasteiger partial charge on any atom is -0.468 e. The molecule has 0 spiro atoms. The number of methoxy groups -OCH3 is 1. The molecule has 1 N–H and O–H groups in total. The summed E-state index contributed by atoms with van der Waals surface area (Å²) >= 11 is 0. The Morgan fingerprint density at radius 1 is 1.41 bits per heavy atom. The Labute approximate surface area is 106 Å². The van der Waals surface area contributed by atoms with Gasteiger partial charge >= 0.3 is 5.97 Å². The Kier molecular flexibility index (Phi) is 6.72.